The van der Waals surface area contributed by atoms with Gasteiger partial charge < -0.3 is 15.5 Å². The van der Waals surface area contributed by atoms with Gasteiger partial charge in [-0.2, -0.15) is 0 Å². The Labute approximate surface area is 185 Å². The minimum atomic E-state index is -1.05. The molecule has 28 heavy (non-hydrogen) atoms. The second kappa shape index (κ2) is 11.2. The van der Waals surface area contributed by atoms with Gasteiger partial charge in [-0.05, 0) is 24.3 Å². The first-order valence-electron chi connectivity index (χ1n) is 8.93. The molecule has 2 N–H and O–H groups in total. The number of hydrogen-bond donors (Lipinski definition) is 2. The van der Waals surface area contributed by atoms with E-state index in [0.29, 0.717) is 31.2 Å². The number of hydrogen-bond acceptors (Lipinski definition) is 3. The van der Waals surface area contributed by atoms with Crippen molar-refractivity contribution >= 4 is 52.3 Å². The predicted octanol–water partition coefficient (Wildman–Crippen LogP) is 2.38. The zero-order valence-corrected chi connectivity index (χ0v) is 18.9. The third-order valence-corrected chi connectivity index (χ3v) is 5.72. The van der Waals surface area contributed by atoms with E-state index in [0.717, 1.165) is 10.6 Å². The van der Waals surface area contributed by atoms with Crippen LogP contribution in [-0.2, 0) is 15.6 Å². The number of amides is 1. The lowest BCUT2D eigenvalue weighted by molar-refractivity contribution is -0.117. The summed E-state index contributed by atoms with van der Waals surface area (Å²) in [6.45, 7) is 1.13. The van der Waals surface area contributed by atoms with E-state index in [1.165, 1.54) is 0 Å². The second-order valence-corrected chi connectivity index (χ2v) is 7.82. The molecule has 3 rings (SSSR count). The highest BCUT2D eigenvalue weighted by Crippen LogP contribution is 2.20. The minimum Gasteiger partial charge on any atom is -0.355 e. The van der Waals surface area contributed by atoms with Crippen LogP contribution in [0.4, 0.5) is 5.69 Å². The first kappa shape index (κ1) is 22.4. The average Bonchev–Trinajstić information content (AvgIpc) is 3.08. The number of benzene rings is 2. The van der Waals surface area contributed by atoms with Gasteiger partial charge in [0, 0.05) is 42.9 Å². The quantitative estimate of drug-likeness (QED) is 0.354. The Morgan fingerprint density at radius 2 is 1.79 bits per heavy atom. The van der Waals surface area contributed by atoms with Crippen LogP contribution in [0.15, 0.2) is 70.6 Å². The lowest BCUT2D eigenvalue weighted by Crippen LogP contribution is -2.45. The zero-order valence-electron chi connectivity index (χ0n) is 15.7. The molecule has 2 unspecified atom stereocenters. The molecule has 1 amide bonds. The normalized spacial score (nSPS) is 17.8. The van der Waals surface area contributed by atoms with Crippen molar-refractivity contribution in [3.05, 3.63) is 60.7 Å². The lowest BCUT2D eigenvalue weighted by Gasteiger charge is -2.19. The Hall–Kier alpha value is -1.94. The first-order valence-corrected chi connectivity index (χ1v) is 10.3. The molecule has 0 aromatic heterocycles. The molecule has 0 bridgehead atoms. The first-order chi connectivity index (χ1) is 13.2. The van der Waals surface area contributed by atoms with Crippen LogP contribution in [0.1, 0.15) is 6.42 Å². The van der Waals surface area contributed by atoms with E-state index >= 15 is 0 Å². The second-order valence-electron chi connectivity index (χ2n) is 6.25. The summed E-state index contributed by atoms with van der Waals surface area (Å²) in [7, 11) is 0.640. The van der Waals surface area contributed by atoms with Crippen LogP contribution in [0.5, 0.6) is 0 Å². The molecule has 2 aromatic carbocycles. The molecule has 1 heterocycles. The number of halogens is 1. The Morgan fingerprint density at radius 3 is 2.43 bits per heavy atom. The van der Waals surface area contributed by atoms with Crippen molar-refractivity contribution in [3.8, 4) is 0 Å². The number of nitrogens with zero attached hydrogens (tertiary/aromatic N) is 2. The van der Waals surface area contributed by atoms with Crippen LogP contribution >= 0.6 is 24.0 Å². The van der Waals surface area contributed by atoms with Crippen LogP contribution in [-0.4, -0.2) is 48.0 Å². The maximum atomic E-state index is 12.3. The van der Waals surface area contributed by atoms with Crippen molar-refractivity contribution in [1.29, 1.82) is 0 Å². The number of para-hydroxylation sites is 1. The van der Waals surface area contributed by atoms with Gasteiger partial charge in [-0.1, -0.05) is 36.4 Å². The molecule has 0 spiro atoms. The van der Waals surface area contributed by atoms with Crippen LogP contribution < -0.4 is 15.5 Å². The number of carbonyl (C=O) groups excluding carboxylic acids is 1. The van der Waals surface area contributed by atoms with Gasteiger partial charge in [0.15, 0.2) is 5.96 Å². The third-order valence-electron chi connectivity index (χ3n) is 4.34. The molecule has 2 aromatic rings. The molecule has 6 nitrogen and oxygen atoms in total. The van der Waals surface area contributed by atoms with E-state index in [1.54, 1.807) is 11.9 Å². The molecule has 0 radical (unpaired) electrons. The van der Waals surface area contributed by atoms with Gasteiger partial charge in [-0.25, -0.2) is 0 Å². The van der Waals surface area contributed by atoms with E-state index in [1.807, 2.05) is 60.7 Å². The number of aliphatic imine (C=N–C) groups is 1. The number of anilines is 1. The van der Waals surface area contributed by atoms with Crippen LogP contribution in [0.3, 0.4) is 0 Å². The van der Waals surface area contributed by atoms with Gasteiger partial charge in [0.1, 0.15) is 0 Å². The maximum absolute atomic E-state index is 12.3. The highest BCUT2D eigenvalue weighted by Gasteiger charge is 2.30. The highest BCUT2D eigenvalue weighted by molar-refractivity contribution is 14.0. The maximum Gasteiger partial charge on any atom is 0.229 e. The standard InChI is InChI=1S/C20H24N4O2S.HI/c1-21-20(22-12-13-27(26)18-10-6-3-7-11-18)23-16-14-19(25)24(15-16)17-8-4-2-5-9-17;/h2-11,16H,12-15H2,1H3,(H2,21,22,23);1H. The van der Waals surface area contributed by atoms with E-state index in [9.17, 15) is 9.00 Å². The molecule has 8 heteroatoms. The van der Waals surface area contributed by atoms with Gasteiger partial charge >= 0.3 is 0 Å². The monoisotopic (exact) mass is 512 g/mol. The number of nitrogens with one attached hydrogen (secondary N) is 2. The Bertz CT molecular complexity index is 817. The van der Waals surface area contributed by atoms with Crippen molar-refractivity contribution in [1.82, 2.24) is 10.6 Å². The predicted molar refractivity (Wildman–Crippen MR) is 125 cm³/mol. The number of carbonyl (C=O) groups is 1. The Balaban J connectivity index is 0.00000280. The zero-order chi connectivity index (χ0) is 19.1. The lowest BCUT2D eigenvalue weighted by atomic mass is 10.2. The van der Waals surface area contributed by atoms with Crippen LogP contribution in [0, 0.1) is 0 Å². The van der Waals surface area contributed by atoms with Crippen molar-refractivity contribution < 1.29 is 9.00 Å². The molecule has 2 atom stereocenters. The largest absolute Gasteiger partial charge is 0.355 e. The van der Waals surface area contributed by atoms with Gasteiger partial charge in [0.2, 0.25) is 5.91 Å². The van der Waals surface area contributed by atoms with Gasteiger partial charge in [0.05, 0.1) is 16.8 Å². The summed E-state index contributed by atoms with van der Waals surface area (Å²) in [5.74, 6) is 1.21. The summed E-state index contributed by atoms with van der Waals surface area (Å²) < 4.78 is 12.3. The summed E-state index contributed by atoms with van der Waals surface area (Å²) in [5.41, 5.74) is 0.910. The summed E-state index contributed by atoms with van der Waals surface area (Å²) in [6.07, 6.45) is 0.422. The van der Waals surface area contributed by atoms with E-state index in [2.05, 4.69) is 15.6 Å². The van der Waals surface area contributed by atoms with E-state index < -0.39 is 10.8 Å². The number of guanidine groups is 1. The summed E-state index contributed by atoms with van der Waals surface area (Å²) in [6, 6.07) is 19.1. The van der Waals surface area contributed by atoms with Crippen molar-refractivity contribution in [3.63, 3.8) is 0 Å². The molecule has 1 saturated heterocycles. The van der Waals surface area contributed by atoms with Crippen molar-refractivity contribution in [2.24, 2.45) is 4.99 Å². The minimum absolute atomic E-state index is 0. The molecular weight excluding hydrogens is 487 g/mol. The SMILES string of the molecule is CN=C(NCCS(=O)c1ccccc1)NC1CC(=O)N(c2ccccc2)C1.I. The van der Waals surface area contributed by atoms with E-state index in [4.69, 9.17) is 0 Å². The molecule has 0 aliphatic carbocycles. The fourth-order valence-corrected chi connectivity index (χ4v) is 3.99. The van der Waals surface area contributed by atoms with Crippen molar-refractivity contribution in [2.75, 3.05) is 30.8 Å². The van der Waals surface area contributed by atoms with E-state index in [-0.39, 0.29) is 35.9 Å². The highest BCUT2D eigenvalue weighted by atomic mass is 127. The molecule has 150 valence electrons. The van der Waals surface area contributed by atoms with Gasteiger partial charge in [-0.15, -0.1) is 24.0 Å². The molecular formula is C20H25IN4O2S. The smallest absolute Gasteiger partial charge is 0.229 e. The molecule has 0 saturated carbocycles. The van der Waals surface area contributed by atoms with Crippen LogP contribution in [0.2, 0.25) is 0 Å². The van der Waals surface area contributed by atoms with Crippen molar-refractivity contribution in [2.45, 2.75) is 17.4 Å². The fraction of sp³-hybridized carbons (Fsp3) is 0.300. The average molecular weight is 512 g/mol. The Kier molecular flexibility index (Phi) is 8.91. The summed E-state index contributed by atoms with van der Waals surface area (Å²) >= 11 is 0. The molecule has 1 aliphatic heterocycles. The van der Waals surface area contributed by atoms with Gasteiger partial charge in [-0.3, -0.25) is 14.0 Å². The Morgan fingerprint density at radius 1 is 1.14 bits per heavy atom. The molecule has 1 aliphatic rings. The topological polar surface area (TPSA) is 73.8 Å². The summed E-state index contributed by atoms with van der Waals surface area (Å²) in [4.78, 5) is 19.1. The van der Waals surface area contributed by atoms with Crippen LogP contribution in [0.25, 0.3) is 0 Å². The summed E-state index contributed by atoms with van der Waals surface area (Å²) in [5, 5.41) is 6.47. The van der Waals surface area contributed by atoms with Gasteiger partial charge in [0.25, 0.3) is 0 Å². The third kappa shape index (κ3) is 6.03. The molecule has 1 fully saturated rings. The fourth-order valence-electron chi connectivity index (χ4n) is 3.00. The number of rotatable bonds is 6.